The smallest absolute Gasteiger partial charge is 0.117 e. The Labute approximate surface area is 129 Å². The first-order valence-electron chi connectivity index (χ1n) is 6.92. The summed E-state index contributed by atoms with van der Waals surface area (Å²) in [5, 5.41) is 18.7. The molecule has 0 aliphatic carbocycles. The second-order valence-corrected chi connectivity index (χ2v) is 4.85. The van der Waals surface area contributed by atoms with Crippen LogP contribution in [0.5, 0.6) is 5.75 Å². The maximum atomic E-state index is 9.77. The van der Waals surface area contributed by atoms with Gasteiger partial charge in [0.05, 0.1) is 11.6 Å². The summed E-state index contributed by atoms with van der Waals surface area (Å²) >= 11 is 0. The summed E-state index contributed by atoms with van der Waals surface area (Å²) in [6, 6.07) is 26.5. The van der Waals surface area contributed by atoms with Gasteiger partial charge >= 0.3 is 0 Å². The van der Waals surface area contributed by atoms with Crippen molar-refractivity contribution in [3.05, 3.63) is 84.4 Å². The number of rotatable bonds is 3. The van der Waals surface area contributed by atoms with Crippen LogP contribution in [-0.2, 0) is 0 Å². The van der Waals surface area contributed by atoms with Crippen LogP contribution in [0.3, 0.4) is 0 Å². The molecule has 0 saturated carbocycles. The molecule has 0 atom stereocenters. The Morgan fingerprint density at radius 3 is 2.00 bits per heavy atom. The first-order chi connectivity index (χ1) is 10.8. The zero-order chi connectivity index (χ0) is 15.4. The number of phenols is 1. The van der Waals surface area contributed by atoms with Crippen LogP contribution in [-0.4, -0.2) is 5.11 Å². The highest BCUT2D eigenvalue weighted by Crippen LogP contribution is 2.35. The molecule has 3 heteroatoms. The highest BCUT2D eigenvalue weighted by atomic mass is 16.3. The van der Waals surface area contributed by atoms with Gasteiger partial charge in [-0.2, -0.15) is 5.26 Å². The van der Waals surface area contributed by atoms with Crippen LogP contribution in [0, 0.1) is 11.3 Å². The highest BCUT2D eigenvalue weighted by Gasteiger charge is 2.12. The van der Waals surface area contributed by atoms with Crippen LogP contribution < -0.4 is 4.90 Å². The van der Waals surface area contributed by atoms with Gasteiger partial charge in [0.2, 0.25) is 0 Å². The van der Waals surface area contributed by atoms with Crippen molar-refractivity contribution in [2.45, 2.75) is 0 Å². The molecule has 106 valence electrons. The van der Waals surface area contributed by atoms with Gasteiger partial charge in [0, 0.05) is 23.1 Å². The van der Waals surface area contributed by atoms with E-state index in [1.807, 2.05) is 59.5 Å². The number of anilines is 3. The van der Waals surface area contributed by atoms with E-state index in [1.165, 1.54) is 0 Å². The SMILES string of the molecule is N#Cc1ccc(N(c2ccccc2)c2cccc(O)c2)cc1. The average molecular weight is 286 g/mol. The predicted octanol–water partition coefficient (Wildman–Crippen LogP) is 4.73. The molecule has 0 spiro atoms. The lowest BCUT2D eigenvalue weighted by Crippen LogP contribution is -2.09. The van der Waals surface area contributed by atoms with E-state index in [9.17, 15) is 5.11 Å². The third-order valence-corrected chi connectivity index (χ3v) is 3.36. The zero-order valence-corrected chi connectivity index (χ0v) is 11.8. The van der Waals surface area contributed by atoms with Crippen LogP contribution in [0.1, 0.15) is 5.56 Å². The molecule has 0 fully saturated rings. The van der Waals surface area contributed by atoms with E-state index >= 15 is 0 Å². The predicted molar refractivity (Wildman–Crippen MR) is 87.5 cm³/mol. The van der Waals surface area contributed by atoms with E-state index < -0.39 is 0 Å². The summed E-state index contributed by atoms with van der Waals surface area (Å²) in [7, 11) is 0. The van der Waals surface area contributed by atoms with Crippen molar-refractivity contribution in [2.24, 2.45) is 0 Å². The van der Waals surface area contributed by atoms with E-state index in [1.54, 1.807) is 24.3 Å². The molecule has 3 rings (SSSR count). The van der Waals surface area contributed by atoms with Gasteiger partial charge in [-0.05, 0) is 48.5 Å². The van der Waals surface area contributed by atoms with Gasteiger partial charge in [0.1, 0.15) is 5.75 Å². The molecule has 0 saturated heterocycles. The minimum absolute atomic E-state index is 0.215. The van der Waals surface area contributed by atoms with Crippen LogP contribution in [0.25, 0.3) is 0 Å². The lowest BCUT2D eigenvalue weighted by atomic mass is 10.1. The van der Waals surface area contributed by atoms with Crippen molar-refractivity contribution in [2.75, 3.05) is 4.90 Å². The molecule has 3 aromatic rings. The van der Waals surface area contributed by atoms with Gasteiger partial charge in [-0.1, -0.05) is 24.3 Å². The van der Waals surface area contributed by atoms with Crippen LogP contribution in [0.2, 0.25) is 0 Å². The van der Waals surface area contributed by atoms with Crippen molar-refractivity contribution in [1.82, 2.24) is 0 Å². The molecule has 0 aliphatic heterocycles. The number of nitriles is 1. The van der Waals surface area contributed by atoms with E-state index in [0.29, 0.717) is 5.56 Å². The van der Waals surface area contributed by atoms with E-state index in [4.69, 9.17) is 5.26 Å². The normalized spacial score (nSPS) is 9.95. The number of phenolic OH excluding ortho intramolecular Hbond substituents is 1. The van der Waals surface area contributed by atoms with Crippen LogP contribution in [0.15, 0.2) is 78.9 Å². The monoisotopic (exact) mass is 286 g/mol. The molecule has 0 amide bonds. The molecule has 0 radical (unpaired) electrons. The number of hydrogen-bond donors (Lipinski definition) is 1. The minimum Gasteiger partial charge on any atom is -0.508 e. The van der Waals surface area contributed by atoms with Gasteiger partial charge < -0.3 is 10.0 Å². The fraction of sp³-hybridized carbons (Fsp3) is 0. The van der Waals surface area contributed by atoms with Gasteiger partial charge in [0.25, 0.3) is 0 Å². The number of hydrogen-bond acceptors (Lipinski definition) is 3. The molecule has 0 aromatic heterocycles. The first-order valence-corrected chi connectivity index (χ1v) is 6.92. The van der Waals surface area contributed by atoms with Crippen molar-refractivity contribution >= 4 is 17.1 Å². The minimum atomic E-state index is 0.215. The first kappa shape index (κ1) is 13.7. The molecular formula is C19H14N2O. The molecule has 3 aromatic carbocycles. The van der Waals surface area contributed by atoms with E-state index in [2.05, 4.69) is 6.07 Å². The number of para-hydroxylation sites is 1. The van der Waals surface area contributed by atoms with Gasteiger partial charge in [-0.25, -0.2) is 0 Å². The van der Waals surface area contributed by atoms with Crippen molar-refractivity contribution in [3.63, 3.8) is 0 Å². The Bertz CT molecular complexity index is 805. The lowest BCUT2D eigenvalue weighted by Gasteiger charge is -2.25. The summed E-state index contributed by atoms with van der Waals surface area (Å²) in [5.74, 6) is 0.215. The molecule has 0 aliphatic rings. The van der Waals surface area contributed by atoms with Crippen molar-refractivity contribution in [1.29, 1.82) is 5.26 Å². The number of nitrogens with zero attached hydrogens (tertiary/aromatic N) is 2. The molecule has 22 heavy (non-hydrogen) atoms. The third-order valence-electron chi connectivity index (χ3n) is 3.36. The Morgan fingerprint density at radius 1 is 0.727 bits per heavy atom. The zero-order valence-electron chi connectivity index (χ0n) is 11.8. The maximum Gasteiger partial charge on any atom is 0.117 e. The average Bonchev–Trinajstić information content (AvgIpc) is 2.57. The van der Waals surface area contributed by atoms with Crippen LogP contribution >= 0.6 is 0 Å². The molecule has 0 heterocycles. The lowest BCUT2D eigenvalue weighted by molar-refractivity contribution is 0.475. The Morgan fingerprint density at radius 2 is 1.36 bits per heavy atom. The highest BCUT2D eigenvalue weighted by molar-refractivity contribution is 5.77. The van der Waals surface area contributed by atoms with Gasteiger partial charge in [0.15, 0.2) is 0 Å². The second-order valence-electron chi connectivity index (χ2n) is 4.85. The van der Waals surface area contributed by atoms with E-state index in [-0.39, 0.29) is 5.75 Å². The fourth-order valence-corrected chi connectivity index (χ4v) is 2.34. The summed E-state index contributed by atoms with van der Waals surface area (Å²) in [4.78, 5) is 2.03. The molecule has 3 nitrogen and oxygen atoms in total. The summed E-state index contributed by atoms with van der Waals surface area (Å²) in [6.45, 7) is 0. The van der Waals surface area contributed by atoms with Crippen molar-refractivity contribution < 1.29 is 5.11 Å². The van der Waals surface area contributed by atoms with E-state index in [0.717, 1.165) is 17.1 Å². The maximum absolute atomic E-state index is 9.77. The topological polar surface area (TPSA) is 47.3 Å². The van der Waals surface area contributed by atoms with Gasteiger partial charge in [-0.15, -0.1) is 0 Å². The Kier molecular flexibility index (Phi) is 3.76. The number of aromatic hydroxyl groups is 1. The summed E-state index contributed by atoms with van der Waals surface area (Å²) in [5.41, 5.74) is 3.39. The Hall–Kier alpha value is -3.25. The number of benzene rings is 3. The molecule has 0 bridgehead atoms. The van der Waals surface area contributed by atoms with Crippen LogP contribution in [0.4, 0.5) is 17.1 Å². The fourth-order valence-electron chi connectivity index (χ4n) is 2.34. The Balaban J connectivity index is 2.12. The van der Waals surface area contributed by atoms with Crippen molar-refractivity contribution in [3.8, 4) is 11.8 Å². The second kappa shape index (κ2) is 6.02. The van der Waals surface area contributed by atoms with Gasteiger partial charge in [-0.3, -0.25) is 0 Å². The third kappa shape index (κ3) is 2.77. The molecule has 0 unspecified atom stereocenters. The largest absolute Gasteiger partial charge is 0.508 e. The quantitative estimate of drug-likeness (QED) is 0.757. The molecular weight excluding hydrogens is 272 g/mol. The summed E-state index contributed by atoms with van der Waals surface area (Å²) < 4.78 is 0. The molecule has 1 N–H and O–H groups in total. The summed E-state index contributed by atoms with van der Waals surface area (Å²) in [6.07, 6.45) is 0. The standard InChI is InChI=1S/C19H14N2O/c20-14-15-9-11-17(12-10-15)21(16-5-2-1-3-6-16)18-7-4-8-19(22)13-18/h1-13,22H.